The van der Waals surface area contributed by atoms with Crippen molar-refractivity contribution < 1.29 is 9.60 Å². The summed E-state index contributed by atoms with van der Waals surface area (Å²) in [5, 5.41) is 18.9. The zero-order valence-corrected chi connectivity index (χ0v) is 11.3. The van der Waals surface area contributed by atoms with E-state index in [1.807, 2.05) is 20.2 Å². The van der Waals surface area contributed by atoms with Crippen LogP contribution in [0.3, 0.4) is 0 Å². The highest BCUT2D eigenvalue weighted by Crippen LogP contribution is 2.15. The predicted molar refractivity (Wildman–Crippen MR) is 74.2 cm³/mol. The molecule has 2 rings (SSSR count). The molecule has 0 aliphatic heterocycles. The van der Waals surface area contributed by atoms with E-state index in [0.717, 1.165) is 11.4 Å². The van der Waals surface area contributed by atoms with Crippen LogP contribution in [0.1, 0.15) is 16.8 Å². The Labute approximate surface area is 115 Å². The number of rotatable bonds is 4. The Kier molecular flexibility index (Phi) is 3.88. The zero-order chi connectivity index (χ0) is 14.7. The first-order chi connectivity index (χ1) is 9.49. The highest BCUT2D eigenvalue weighted by molar-refractivity contribution is 5.97. The molecule has 0 aliphatic rings. The monoisotopic (exact) mass is 277 g/mol. The molecule has 7 heteroatoms. The van der Waals surface area contributed by atoms with Gasteiger partial charge in [0.15, 0.2) is 5.84 Å². The predicted octanol–water partition coefficient (Wildman–Crippen LogP) is 1.57. The summed E-state index contributed by atoms with van der Waals surface area (Å²) in [5.74, 6) is -0.558. The third kappa shape index (κ3) is 3.05. The molecule has 0 saturated carbocycles. The maximum Gasteiger partial charge on any atom is 0.170 e. The zero-order valence-electron chi connectivity index (χ0n) is 11.3. The Hall–Kier alpha value is -2.57. The van der Waals surface area contributed by atoms with Crippen LogP contribution in [0, 0.1) is 12.7 Å². The molecule has 106 valence electrons. The minimum atomic E-state index is -0.436. The molecule has 2 aromatic rings. The number of hydrogen-bond acceptors (Lipinski definition) is 4. The van der Waals surface area contributed by atoms with Gasteiger partial charge in [-0.1, -0.05) is 5.16 Å². The number of aromatic nitrogens is 2. The molecule has 0 fully saturated rings. The van der Waals surface area contributed by atoms with Crippen molar-refractivity contribution in [1.29, 1.82) is 0 Å². The summed E-state index contributed by atoms with van der Waals surface area (Å²) in [7, 11) is 1.83. The first kappa shape index (κ1) is 13.9. The molecule has 0 radical (unpaired) electrons. The van der Waals surface area contributed by atoms with Crippen molar-refractivity contribution >= 4 is 11.5 Å². The second kappa shape index (κ2) is 5.60. The van der Waals surface area contributed by atoms with E-state index in [-0.39, 0.29) is 5.84 Å². The maximum absolute atomic E-state index is 13.5. The van der Waals surface area contributed by atoms with Crippen molar-refractivity contribution in [2.45, 2.75) is 13.5 Å². The van der Waals surface area contributed by atoms with Gasteiger partial charge in [0.2, 0.25) is 0 Å². The number of benzene rings is 1. The van der Waals surface area contributed by atoms with Crippen molar-refractivity contribution in [1.82, 2.24) is 9.78 Å². The van der Waals surface area contributed by atoms with Gasteiger partial charge in [-0.2, -0.15) is 5.10 Å². The summed E-state index contributed by atoms with van der Waals surface area (Å²) in [4.78, 5) is 0. The summed E-state index contributed by atoms with van der Waals surface area (Å²) in [6.45, 7) is 2.30. The van der Waals surface area contributed by atoms with Gasteiger partial charge < -0.3 is 16.3 Å². The van der Waals surface area contributed by atoms with Crippen LogP contribution in [-0.2, 0) is 13.6 Å². The molecule has 0 unspecified atom stereocenters. The fourth-order valence-electron chi connectivity index (χ4n) is 1.93. The average molecular weight is 277 g/mol. The van der Waals surface area contributed by atoms with Gasteiger partial charge in [0.1, 0.15) is 5.82 Å². The van der Waals surface area contributed by atoms with E-state index in [9.17, 15) is 4.39 Å². The van der Waals surface area contributed by atoms with E-state index in [1.165, 1.54) is 12.1 Å². The van der Waals surface area contributed by atoms with Crippen LogP contribution in [0.25, 0.3) is 0 Å². The van der Waals surface area contributed by atoms with Crippen molar-refractivity contribution in [3.63, 3.8) is 0 Å². The van der Waals surface area contributed by atoms with Gasteiger partial charge in [0, 0.05) is 25.4 Å². The molecule has 1 heterocycles. The van der Waals surface area contributed by atoms with Crippen LogP contribution in [0.15, 0.2) is 29.6 Å². The Balaban J connectivity index is 2.17. The smallest absolute Gasteiger partial charge is 0.170 e. The maximum atomic E-state index is 13.5. The van der Waals surface area contributed by atoms with Crippen molar-refractivity contribution in [3.8, 4) is 0 Å². The summed E-state index contributed by atoms with van der Waals surface area (Å²) < 4.78 is 15.2. The summed E-state index contributed by atoms with van der Waals surface area (Å²) in [6, 6.07) is 4.28. The van der Waals surface area contributed by atoms with Crippen LogP contribution in [-0.4, -0.2) is 20.8 Å². The number of nitrogens with one attached hydrogen (secondary N) is 1. The Morgan fingerprint density at radius 3 is 2.85 bits per heavy atom. The number of halogens is 1. The molecule has 1 aromatic heterocycles. The minimum absolute atomic E-state index is 0.122. The summed E-state index contributed by atoms with van der Waals surface area (Å²) >= 11 is 0. The fourth-order valence-corrected chi connectivity index (χ4v) is 1.93. The first-order valence-corrected chi connectivity index (χ1v) is 6.01. The molecular formula is C13H16FN5O. The largest absolute Gasteiger partial charge is 0.409 e. The molecule has 0 saturated heterocycles. The van der Waals surface area contributed by atoms with Crippen molar-refractivity contribution in [2.75, 3.05) is 5.32 Å². The Morgan fingerprint density at radius 1 is 1.50 bits per heavy atom. The van der Waals surface area contributed by atoms with Crippen LogP contribution in [0.4, 0.5) is 10.1 Å². The topological polar surface area (TPSA) is 88.5 Å². The number of oxime groups is 1. The van der Waals surface area contributed by atoms with Crippen molar-refractivity contribution in [2.24, 2.45) is 17.9 Å². The van der Waals surface area contributed by atoms with Gasteiger partial charge in [0.05, 0.1) is 11.4 Å². The molecular weight excluding hydrogens is 261 g/mol. The van der Waals surface area contributed by atoms with Gasteiger partial charge in [-0.25, -0.2) is 4.39 Å². The molecule has 0 aliphatic carbocycles. The number of aryl methyl sites for hydroxylation is 2. The lowest BCUT2D eigenvalue weighted by Gasteiger charge is -2.07. The SMILES string of the molecule is Cc1nn(C)cc1NCc1cc(F)cc(/C(N)=N/O)c1. The molecule has 6 nitrogen and oxygen atoms in total. The molecule has 1 aromatic carbocycles. The highest BCUT2D eigenvalue weighted by Gasteiger charge is 2.06. The molecule has 0 bridgehead atoms. The Morgan fingerprint density at radius 2 is 2.25 bits per heavy atom. The van der Waals surface area contributed by atoms with Gasteiger partial charge in [-0.15, -0.1) is 0 Å². The van der Waals surface area contributed by atoms with E-state index >= 15 is 0 Å². The van der Waals surface area contributed by atoms with E-state index in [2.05, 4.69) is 15.6 Å². The summed E-state index contributed by atoms with van der Waals surface area (Å²) in [5.41, 5.74) is 8.23. The quantitative estimate of drug-likeness (QED) is 0.342. The first-order valence-electron chi connectivity index (χ1n) is 6.01. The normalized spacial score (nSPS) is 11.7. The number of hydrogen-bond donors (Lipinski definition) is 3. The number of nitrogens with two attached hydrogens (primary N) is 1. The number of amidine groups is 1. The fraction of sp³-hybridized carbons (Fsp3) is 0.231. The lowest BCUT2D eigenvalue weighted by Crippen LogP contribution is -2.14. The second-order valence-electron chi connectivity index (χ2n) is 4.49. The van der Waals surface area contributed by atoms with Gasteiger partial charge in [-0.05, 0) is 30.7 Å². The number of nitrogens with zero attached hydrogens (tertiary/aromatic N) is 3. The summed E-state index contributed by atoms with van der Waals surface area (Å²) in [6.07, 6.45) is 1.85. The second-order valence-corrected chi connectivity index (χ2v) is 4.49. The van der Waals surface area contributed by atoms with Crippen LogP contribution >= 0.6 is 0 Å². The van der Waals surface area contributed by atoms with E-state index in [0.29, 0.717) is 17.7 Å². The van der Waals surface area contributed by atoms with Gasteiger partial charge in [-0.3, -0.25) is 4.68 Å². The van der Waals surface area contributed by atoms with Crippen molar-refractivity contribution in [3.05, 3.63) is 47.0 Å². The average Bonchev–Trinajstić information content (AvgIpc) is 2.73. The van der Waals surface area contributed by atoms with E-state index < -0.39 is 5.82 Å². The molecule has 0 amide bonds. The highest BCUT2D eigenvalue weighted by atomic mass is 19.1. The van der Waals surface area contributed by atoms with Gasteiger partial charge >= 0.3 is 0 Å². The van der Waals surface area contributed by atoms with Gasteiger partial charge in [0.25, 0.3) is 0 Å². The van der Waals surface area contributed by atoms with Crippen LogP contribution in [0.2, 0.25) is 0 Å². The molecule has 4 N–H and O–H groups in total. The third-order valence-corrected chi connectivity index (χ3v) is 2.86. The standard InChI is InChI=1S/C13H16FN5O/c1-8-12(7-19(2)17-8)16-6-9-3-10(13(15)18-20)5-11(14)4-9/h3-5,7,16,20H,6H2,1-2H3,(H2,15,18). The molecule has 0 spiro atoms. The molecule has 20 heavy (non-hydrogen) atoms. The third-order valence-electron chi connectivity index (χ3n) is 2.86. The minimum Gasteiger partial charge on any atom is -0.409 e. The van der Waals surface area contributed by atoms with E-state index in [4.69, 9.17) is 10.9 Å². The number of anilines is 1. The van der Waals surface area contributed by atoms with Crippen LogP contribution in [0.5, 0.6) is 0 Å². The van der Waals surface area contributed by atoms with Crippen LogP contribution < -0.4 is 11.1 Å². The lowest BCUT2D eigenvalue weighted by molar-refractivity contribution is 0.318. The lowest BCUT2D eigenvalue weighted by atomic mass is 10.1. The Bertz CT molecular complexity index is 650. The van der Waals surface area contributed by atoms with E-state index in [1.54, 1.807) is 10.7 Å². The molecule has 0 atom stereocenters.